The summed E-state index contributed by atoms with van der Waals surface area (Å²) < 4.78 is 21.3. The fraction of sp³-hybridized carbons (Fsp3) is 0.227. The Labute approximate surface area is 179 Å². The Morgan fingerprint density at radius 1 is 0.903 bits per heavy atom. The Morgan fingerprint density at radius 2 is 1.52 bits per heavy atom. The first-order valence-corrected chi connectivity index (χ1v) is 9.37. The van der Waals surface area contributed by atoms with Crippen LogP contribution < -0.4 is 29.2 Å². The molecule has 1 saturated heterocycles. The van der Waals surface area contributed by atoms with E-state index in [1.807, 2.05) is 6.92 Å². The monoisotopic (exact) mass is 426 g/mol. The predicted molar refractivity (Wildman–Crippen MR) is 113 cm³/mol. The van der Waals surface area contributed by atoms with Crippen LogP contribution >= 0.6 is 0 Å². The number of anilines is 1. The van der Waals surface area contributed by atoms with Gasteiger partial charge < -0.3 is 18.9 Å². The van der Waals surface area contributed by atoms with Gasteiger partial charge in [0.05, 0.1) is 33.6 Å². The van der Waals surface area contributed by atoms with Crippen LogP contribution in [0.3, 0.4) is 0 Å². The van der Waals surface area contributed by atoms with E-state index in [2.05, 4.69) is 5.32 Å². The summed E-state index contributed by atoms with van der Waals surface area (Å²) >= 11 is 0. The fourth-order valence-corrected chi connectivity index (χ4v) is 3.07. The van der Waals surface area contributed by atoms with E-state index in [0.717, 1.165) is 4.90 Å². The van der Waals surface area contributed by atoms with Crippen LogP contribution in [0.2, 0.25) is 0 Å². The van der Waals surface area contributed by atoms with Gasteiger partial charge in [0.25, 0.3) is 11.8 Å². The van der Waals surface area contributed by atoms with Crippen molar-refractivity contribution in [1.82, 2.24) is 5.32 Å². The molecule has 0 saturated carbocycles. The van der Waals surface area contributed by atoms with Gasteiger partial charge in [-0.25, -0.2) is 9.69 Å². The van der Waals surface area contributed by atoms with E-state index in [1.165, 1.54) is 27.4 Å². The Bertz CT molecular complexity index is 1040. The minimum absolute atomic E-state index is 0.237. The average Bonchev–Trinajstić information content (AvgIpc) is 2.77. The summed E-state index contributed by atoms with van der Waals surface area (Å²) in [6.45, 7) is 2.33. The fourth-order valence-electron chi connectivity index (χ4n) is 3.07. The number of rotatable bonds is 7. The van der Waals surface area contributed by atoms with Crippen molar-refractivity contribution >= 4 is 29.6 Å². The number of carbonyl (C=O) groups is 3. The number of nitrogens with zero attached hydrogens (tertiary/aromatic N) is 1. The molecule has 1 heterocycles. The molecule has 2 aromatic rings. The lowest BCUT2D eigenvalue weighted by Gasteiger charge is -2.26. The first-order chi connectivity index (χ1) is 14.9. The number of ether oxygens (including phenoxy) is 4. The van der Waals surface area contributed by atoms with E-state index in [-0.39, 0.29) is 5.57 Å². The molecule has 162 valence electrons. The highest BCUT2D eigenvalue weighted by Gasteiger charge is 2.37. The molecule has 0 unspecified atom stereocenters. The topological polar surface area (TPSA) is 103 Å². The molecule has 1 aliphatic rings. The molecule has 1 N–H and O–H groups in total. The van der Waals surface area contributed by atoms with Crippen LogP contribution in [0.1, 0.15) is 12.5 Å². The molecule has 0 radical (unpaired) electrons. The van der Waals surface area contributed by atoms with Crippen LogP contribution in [0.25, 0.3) is 6.08 Å². The van der Waals surface area contributed by atoms with E-state index < -0.39 is 17.8 Å². The Hall–Kier alpha value is -4.01. The molecule has 3 rings (SSSR count). The third-order valence-corrected chi connectivity index (χ3v) is 4.54. The lowest BCUT2D eigenvalue weighted by molar-refractivity contribution is -0.122. The normalized spacial score (nSPS) is 15.0. The number of barbiturate groups is 1. The summed E-state index contributed by atoms with van der Waals surface area (Å²) in [4.78, 5) is 38.8. The first kappa shape index (κ1) is 21.7. The highest BCUT2D eigenvalue weighted by Crippen LogP contribution is 2.36. The minimum atomic E-state index is -0.837. The van der Waals surface area contributed by atoms with E-state index in [9.17, 15) is 14.4 Å². The smallest absolute Gasteiger partial charge is 0.335 e. The molecule has 2 aromatic carbocycles. The predicted octanol–water partition coefficient (Wildman–Crippen LogP) is 2.78. The number of amides is 4. The summed E-state index contributed by atoms with van der Waals surface area (Å²) in [5, 5.41) is 2.19. The van der Waals surface area contributed by atoms with Crippen LogP contribution in [0.15, 0.2) is 42.0 Å². The van der Waals surface area contributed by atoms with E-state index >= 15 is 0 Å². The maximum absolute atomic E-state index is 13.1. The molecular weight excluding hydrogens is 404 g/mol. The summed E-state index contributed by atoms with van der Waals surface area (Å²) in [6.07, 6.45) is 1.34. The summed E-state index contributed by atoms with van der Waals surface area (Å²) in [6, 6.07) is 8.71. The summed E-state index contributed by atoms with van der Waals surface area (Å²) in [5.41, 5.74) is 0.460. The maximum atomic E-state index is 13.1. The zero-order valence-electron chi connectivity index (χ0n) is 17.6. The number of carbonyl (C=O) groups excluding carboxylic acids is 3. The molecule has 0 aliphatic carbocycles. The molecule has 1 fully saturated rings. The molecule has 0 atom stereocenters. The van der Waals surface area contributed by atoms with Gasteiger partial charge in [0.1, 0.15) is 17.1 Å². The molecule has 9 nitrogen and oxygen atoms in total. The van der Waals surface area contributed by atoms with E-state index in [0.29, 0.717) is 40.9 Å². The van der Waals surface area contributed by atoms with Crippen LogP contribution in [-0.4, -0.2) is 45.8 Å². The van der Waals surface area contributed by atoms with Crippen molar-refractivity contribution in [3.05, 3.63) is 47.5 Å². The molecule has 31 heavy (non-hydrogen) atoms. The van der Waals surface area contributed by atoms with Gasteiger partial charge in [-0.15, -0.1) is 0 Å². The van der Waals surface area contributed by atoms with Crippen molar-refractivity contribution in [3.63, 3.8) is 0 Å². The molecule has 0 aromatic heterocycles. The van der Waals surface area contributed by atoms with Gasteiger partial charge in [-0.3, -0.25) is 14.9 Å². The van der Waals surface area contributed by atoms with Gasteiger partial charge in [0.15, 0.2) is 11.5 Å². The quantitative estimate of drug-likeness (QED) is 0.536. The van der Waals surface area contributed by atoms with Crippen LogP contribution in [0, 0.1) is 0 Å². The maximum Gasteiger partial charge on any atom is 0.335 e. The Balaban J connectivity index is 2.03. The van der Waals surface area contributed by atoms with Crippen molar-refractivity contribution in [2.45, 2.75) is 6.92 Å². The Morgan fingerprint density at radius 3 is 2.10 bits per heavy atom. The second kappa shape index (κ2) is 9.21. The average molecular weight is 426 g/mol. The molecule has 0 spiro atoms. The van der Waals surface area contributed by atoms with Crippen molar-refractivity contribution < 1.29 is 33.3 Å². The lowest BCUT2D eigenvalue weighted by Crippen LogP contribution is -2.54. The Kier molecular flexibility index (Phi) is 6.44. The largest absolute Gasteiger partial charge is 0.496 e. The number of imide groups is 2. The molecular formula is C22H22N2O7. The summed E-state index contributed by atoms with van der Waals surface area (Å²) in [5.74, 6) is 0.183. The number of nitrogens with one attached hydrogen (secondary N) is 1. The number of urea groups is 1. The second-order valence-corrected chi connectivity index (χ2v) is 6.33. The van der Waals surface area contributed by atoms with Gasteiger partial charge >= 0.3 is 6.03 Å². The number of benzene rings is 2. The SMILES string of the molecule is CCOc1ccc(N2C(=O)NC(=O)/C(=C/c3cc(OC)c(OC)cc3OC)C2=O)cc1. The van der Waals surface area contributed by atoms with Crippen molar-refractivity contribution in [3.8, 4) is 23.0 Å². The van der Waals surface area contributed by atoms with Gasteiger partial charge in [-0.1, -0.05) is 0 Å². The second-order valence-electron chi connectivity index (χ2n) is 6.33. The molecule has 9 heteroatoms. The first-order valence-electron chi connectivity index (χ1n) is 9.37. The number of methoxy groups -OCH3 is 3. The highest BCUT2D eigenvalue weighted by molar-refractivity contribution is 6.39. The van der Waals surface area contributed by atoms with Crippen LogP contribution in [0.5, 0.6) is 23.0 Å². The zero-order chi connectivity index (χ0) is 22.5. The van der Waals surface area contributed by atoms with Crippen LogP contribution in [-0.2, 0) is 9.59 Å². The van der Waals surface area contributed by atoms with Crippen molar-refractivity contribution in [2.75, 3.05) is 32.8 Å². The molecule has 1 aliphatic heterocycles. The number of hydrogen-bond acceptors (Lipinski definition) is 7. The highest BCUT2D eigenvalue weighted by atomic mass is 16.5. The third-order valence-electron chi connectivity index (χ3n) is 4.54. The number of hydrogen-bond donors (Lipinski definition) is 1. The summed E-state index contributed by atoms with van der Waals surface area (Å²) in [7, 11) is 4.39. The standard InChI is InChI=1S/C22H22N2O7/c1-5-31-15-8-6-14(7-9-15)24-21(26)16(20(25)23-22(24)27)10-13-11-18(29-3)19(30-4)12-17(13)28-2/h6-12H,5H2,1-4H3,(H,23,25,27)/b16-10-. The zero-order valence-corrected chi connectivity index (χ0v) is 17.6. The van der Waals surface area contributed by atoms with Gasteiger partial charge in [0.2, 0.25) is 0 Å². The van der Waals surface area contributed by atoms with E-state index in [4.69, 9.17) is 18.9 Å². The van der Waals surface area contributed by atoms with Crippen LogP contribution in [0.4, 0.5) is 10.5 Å². The third kappa shape index (κ3) is 4.30. The molecule has 0 bridgehead atoms. The van der Waals surface area contributed by atoms with Gasteiger partial charge in [-0.2, -0.15) is 0 Å². The van der Waals surface area contributed by atoms with Crippen molar-refractivity contribution in [2.24, 2.45) is 0 Å². The van der Waals surface area contributed by atoms with Crippen molar-refractivity contribution in [1.29, 1.82) is 0 Å². The lowest BCUT2D eigenvalue weighted by atomic mass is 10.1. The minimum Gasteiger partial charge on any atom is -0.496 e. The van der Waals surface area contributed by atoms with E-state index in [1.54, 1.807) is 36.4 Å². The van der Waals surface area contributed by atoms with Gasteiger partial charge in [0, 0.05) is 11.6 Å². The van der Waals surface area contributed by atoms with Gasteiger partial charge in [-0.05, 0) is 43.3 Å². The molecule has 4 amide bonds.